The summed E-state index contributed by atoms with van der Waals surface area (Å²) in [6.45, 7) is 4.65. The highest BCUT2D eigenvalue weighted by atomic mass is 31.2. The van der Waals surface area contributed by atoms with E-state index < -0.39 is 13.9 Å². The molecule has 0 saturated heterocycles. The van der Waals surface area contributed by atoms with E-state index in [-0.39, 0.29) is 32.2 Å². The minimum Gasteiger partial charge on any atom is -0.756 e. The van der Waals surface area contributed by atoms with Gasteiger partial charge in [-0.3, -0.25) is 9.36 Å². The quantitative estimate of drug-likeness (QED) is 0.0152. The number of likely N-dealkylation sites (N-methyl/N-ethyl adjacent to an activating group) is 1. The maximum atomic E-state index is 12.7. The number of rotatable bonds is 40. The van der Waals surface area contributed by atoms with Gasteiger partial charge in [0.1, 0.15) is 19.8 Å². The minimum absolute atomic E-state index is 0.00344. The fourth-order valence-electron chi connectivity index (χ4n) is 5.63. The molecule has 55 heavy (non-hydrogen) atoms. The summed E-state index contributed by atoms with van der Waals surface area (Å²) in [6, 6.07) is 0. The predicted octanol–water partition coefficient (Wildman–Crippen LogP) is 12.7. The molecule has 320 valence electrons. The molecule has 0 amide bonds. The molecule has 0 spiro atoms. The van der Waals surface area contributed by atoms with Crippen LogP contribution in [-0.4, -0.2) is 64.1 Å². The van der Waals surface area contributed by atoms with Crippen LogP contribution in [0.3, 0.4) is 0 Å². The number of hydrogen-bond acceptors (Lipinski definition) is 7. The van der Waals surface area contributed by atoms with Crippen LogP contribution in [0.5, 0.6) is 0 Å². The number of carbonyl (C=O) groups is 1. The Bertz CT molecular complexity index is 1060. The summed E-state index contributed by atoms with van der Waals surface area (Å²) in [5.74, 6) is -0.382. The molecule has 2 atom stereocenters. The maximum Gasteiger partial charge on any atom is 0.306 e. The summed E-state index contributed by atoms with van der Waals surface area (Å²) in [5.41, 5.74) is 0. The molecule has 0 aromatic heterocycles. The normalized spacial score (nSPS) is 14.3. The first-order valence-corrected chi connectivity index (χ1v) is 23.5. The van der Waals surface area contributed by atoms with Gasteiger partial charge in [0.15, 0.2) is 6.10 Å². The lowest BCUT2D eigenvalue weighted by Crippen LogP contribution is -2.37. The molecule has 0 fully saturated rings. The molecule has 0 radical (unpaired) electrons. The second-order valence-electron chi connectivity index (χ2n) is 15.8. The van der Waals surface area contributed by atoms with Crippen molar-refractivity contribution in [1.29, 1.82) is 0 Å². The van der Waals surface area contributed by atoms with Gasteiger partial charge in [-0.15, -0.1) is 0 Å². The average molecular weight is 794 g/mol. The maximum absolute atomic E-state index is 12.7. The number of nitrogens with zero attached hydrogens (tertiary/aromatic N) is 1. The Morgan fingerprint density at radius 1 is 0.582 bits per heavy atom. The summed E-state index contributed by atoms with van der Waals surface area (Å²) < 4.78 is 34.3. The summed E-state index contributed by atoms with van der Waals surface area (Å²) in [4.78, 5) is 25.0. The van der Waals surface area contributed by atoms with Gasteiger partial charge in [-0.25, -0.2) is 0 Å². The topological polar surface area (TPSA) is 94.1 Å². The Labute approximate surface area is 339 Å². The summed E-state index contributed by atoms with van der Waals surface area (Å²) >= 11 is 0. The number of esters is 1. The first-order chi connectivity index (χ1) is 26.6. The van der Waals surface area contributed by atoms with Crippen LogP contribution >= 0.6 is 7.82 Å². The van der Waals surface area contributed by atoms with E-state index in [0.29, 0.717) is 11.0 Å². The van der Waals surface area contributed by atoms with E-state index in [0.717, 1.165) is 64.2 Å². The van der Waals surface area contributed by atoms with Crippen molar-refractivity contribution < 1.29 is 37.3 Å². The van der Waals surface area contributed by atoms with Crippen molar-refractivity contribution in [1.82, 2.24) is 0 Å². The van der Waals surface area contributed by atoms with Crippen LogP contribution in [0.4, 0.5) is 0 Å². The zero-order valence-corrected chi connectivity index (χ0v) is 37.0. The molecule has 2 unspecified atom stereocenters. The van der Waals surface area contributed by atoms with E-state index in [2.05, 4.69) is 62.5 Å². The van der Waals surface area contributed by atoms with Crippen molar-refractivity contribution in [3.63, 3.8) is 0 Å². The molecule has 0 aromatic rings. The third kappa shape index (κ3) is 43.0. The lowest BCUT2D eigenvalue weighted by atomic mass is 10.1. The lowest BCUT2D eigenvalue weighted by molar-refractivity contribution is -0.870. The molecule has 0 saturated carbocycles. The molecule has 0 N–H and O–H groups in total. The average Bonchev–Trinajstić information content (AvgIpc) is 3.13. The number of unbranched alkanes of at least 4 members (excludes halogenated alkanes) is 18. The van der Waals surface area contributed by atoms with Crippen molar-refractivity contribution in [3.05, 3.63) is 60.9 Å². The Morgan fingerprint density at radius 3 is 1.56 bits per heavy atom. The van der Waals surface area contributed by atoms with E-state index >= 15 is 0 Å². The van der Waals surface area contributed by atoms with E-state index in [1.807, 2.05) is 27.2 Å². The molecule has 0 heterocycles. The molecule has 8 nitrogen and oxygen atoms in total. The number of phosphoric acid groups is 1. The number of hydrogen-bond donors (Lipinski definition) is 0. The van der Waals surface area contributed by atoms with Crippen molar-refractivity contribution in [2.45, 2.75) is 180 Å². The van der Waals surface area contributed by atoms with Gasteiger partial charge in [-0.1, -0.05) is 133 Å². The zero-order valence-electron chi connectivity index (χ0n) is 36.1. The van der Waals surface area contributed by atoms with Crippen LogP contribution in [0, 0.1) is 0 Å². The van der Waals surface area contributed by atoms with Gasteiger partial charge in [-0.2, -0.15) is 0 Å². The predicted molar refractivity (Wildman–Crippen MR) is 231 cm³/mol. The molecule has 0 bridgehead atoms. The number of quaternary nitrogens is 1. The summed E-state index contributed by atoms with van der Waals surface area (Å²) in [7, 11) is 1.30. The molecular formula is C46H84NO7P. The monoisotopic (exact) mass is 794 g/mol. The van der Waals surface area contributed by atoms with Crippen LogP contribution < -0.4 is 4.89 Å². The number of phosphoric ester groups is 1. The smallest absolute Gasteiger partial charge is 0.306 e. The van der Waals surface area contributed by atoms with Crippen molar-refractivity contribution in [2.24, 2.45) is 0 Å². The molecule has 9 heteroatoms. The Kier molecular flexibility index (Phi) is 37.5. The van der Waals surface area contributed by atoms with E-state index in [9.17, 15) is 14.3 Å². The van der Waals surface area contributed by atoms with Crippen molar-refractivity contribution >= 4 is 13.8 Å². The highest BCUT2D eigenvalue weighted by Crippen LogP contribution is 2.38. The van der Waals surface area contributed by atoms with Gasteiger partial charge >= 0.3 is 5.97 Å². The van der Waals surface area contributed by atoms with Gasteiger partial charge in [0, 0.05) is 6.42 Å². The van der Waals surface area contributed by atoms with Crippen molar-refractivity contribution in [3.8, 4) is 0 Å². The minimum atomic E-state index is -4.55. The van der Waals surface area contributed by atoms with Gasteiger partial charge in [0.25, 0.3) is 7.82 Å². The molecule has 0 rings (SSSR count). The zero-order chi connectivity index (χ0) is 40.6. The van der Waals surface area contributed by atoms with Crippen LogP contribution in [0.25, 0.3) is 0 Å². The van der Waals surface area contributed by atoms with Gasteiger partial charge < -0.3 is 27.9 Å². The van der Waals surface area contributed by atoms with Crippen LogP contribution in [0.1, 0.15) is 174 Å². The molecular weight excluding hydrogens is 709 g/mol. The van der Waals surface area contributed by atoms with Crippen molar-refractivity contribution in [2.75, 3.05) is 47.5 Å². The first-order valence-electron chi connectivity index (χ1n) is 22.1. The lowest BCUT2D eigenvalue weighted by Gasteiger charge is -2.28. The molecule has 0 aliphatic rings. The summed E-state index contributed by atoms with van der Waals surface area (Å²) in [5, 5.41) is 0. The second kappa shape index (κ2) is 38.9. The largest absolute Gasteiger partial charge is 0.756 e. The Hall–Kier alpha value is -1.96. The molecule has 0 aliphatic carbocycles. The Morgan fingerprint density at radius 2 is 1.02 bits per heavy atom. The third-order valence-corrected chi connectivity index (χ3v) is 10.1. The second-order valence-corrected chi connectivity index (χ2v) is 17.2. The van der Waals surface area contributed by atoms with Gasteiger partial charge in [-0.05, 0) is 89.5 Å². The van der Waals surface area contributed by atoms with Gasteiger partial charge in [0.05, 0.1) is 34.0 Å². The fourth-order valence-corrected chi connectivity index (χ4v) is 6.36. The van der Waals surface area contributed by atoms with E-state index in [1.54, 1.807) is 6.26 Å². The van der Waals surface area contributed by atoms with Crippen LogP contribution in [-0.2, 0) is 27.9 Å². The van der Waals surface area contributed by atoms with Gasteiger partial charge in [0.2, 0.25) is 0 Å². The van der Waals surface area contributed by atoms with Crippen LogP contribution in [0.15, 0.2) is 60.9 Å². The van der Waals surface area contributed by atoms with E-state index in [4.69, 9.17) is 18.5 Å². The standard InChI is InChI=1S/C46H84NO7P/c1-6-8-10-12-14-16-18-20-22-24-25-27-29-31-33-35-37-39-46(48)54-45(44-53-55(49,50)52-42-40-47(3,4)5)43-51-41-38-36-34-32-30-28-26-23-21-19-17-15-13-11-9-7-2/h14,16,20-23,25,27,38,41,45H,6-13,15,17-19,24,26,28-37,39-40,42-44H2,1-5H3/b16-14-,22-20-,23-21-,27-25-,41-38-. The summed E-state index contributed by atoms with van der Waals surface area (Å²) in [6.07, 6.45) is 48.9. The molecule has 0 aromatic carbocycles. The number of ether oxygens (including phenoxy) is 2. The van der Waals surface area contributed by atoms with Crippen LogP contribution in [0.2, 0.25) is 0 Å². The number of allylic oxidation sites excluding steroid dienone is 9. The third-order valence-electron chi connectivity index (χ3n) is 9.11. The highest BCUT2D eigenvalue weighted by molar-refractivity contribution is 7.45. The number of carbonyl (C=O) groups excluding carboxylic acids is 1. The first kappa shape index (κ1) is 53.0. The molecule has 0 aliphatic heterocycles. The Balaban J connectivity index is 4.37. The highest BCUT2D eigenvalue weighted by Gasteiger charge is 2.20. The fraction of sp³-hybridized carbons (Fsp3) is 0.761. The SMILES string of the molecule is CCCCC/C=C\C/C=C\C/C=C\CCCCCCC(=O)OC(CO/C=C\CCCCCC/C=C\CCCCCCCC)COP(=O)([O-])OCC[N+](C)(C)C. The van der Waals surface area contributed by atoms with E-state index in [1.165, 1.54) is 89.9 Å².